The van der Waals surface area contributed by atoms with Gasteiger partial charge in [-0.1, -0.05) is 17.8 Å². The standard InChI is InChI=1S/C16H17N9O2S/c1-4-5-10-12(28-23-21-10)15(27)18-11-6-8(2)22-25(11)16-19-13-9(14(26)20-16)7-17-24(13)3/h6-7,9H,4-5H2,1-3H3,(H,18,27). The van der Waals surface area contributed by atoms with Gasteiger partial charge < -0.3 is 5.32 Å². The summed E-state index contributed by atoms with van der Waals surface area (Å²) < 4.78 is 5.22. The topological polar surface area (TPSA) is 130 Å². The SMILES string of the molecule is CCCc1nnsc1C(=O)Nc1cc(C)nn1C1=NC(=O)C2C=NN(C)C2=N1. The fraction of sp³-hybridized carbons (Fsp3) is 0.375. The molecule has 12 heteroatoms. The van der Waals surface area contributed by atoms with Crippen LogP contribution >= 0.6 is 11.5 Å². The molecule has 0 fully saturated rings. The lowest BCUT2D eigenvalue weighted by atomic mass is 10.1. The van der Waals surface area contributed by atoms with Gasteiger partial charge in [0, 0.05) is 19.3 Å². The third kappa shape index (κ3) is 3.11. The van der Waals surface area contributed by atoms with Gasteiger partial charge in [0.25, 0.3) is 17.8 Å². The van der Waals surface area contributed by atoms with Crippen molar-refractivity contribution >= 4 is 47.2 Å². The second-order valence-electron chi connectivity index (χ2n) is 6.32. The fourth-order valence-electron chi connectivity index (χ4n) is 2.90. The quantitative estimate of drug-likeness (QED) is 0.814. The molecular weight excluding hydrogens is 382 g/mol. The van der Waals surface area contributed by atoms with Crippen LogP contribution < -0.4 is 5.32 Å². The molecule has 2 aliphatic heterocycles. The van der Waals surface area contributed by atoms with E-state index in [4.69, 9.17) is 0 Å². The summed E-state index contributed by atoms with van der Waals surface area (Å²) in [6, 6.07) is 1.68. The number of amidine groups is 1. The first-order valence-corrected chi connectivity index (χ1v) is 9.43. The summed E-state index contributed by atoms with van der Waals surface area (Å²) in [6.07, 6.45) is 3.03. The highest BCUT2D eigenvalue weighted by Gasteiger charge is 2.35. The Labute approximate surface area is 164 Å². The zero-order valence-corrected chi connectivity index (χ0v) is 16.3. The van der Waals surface area contributed by atoms with Crippen molar-refractivity contribution in [2.24, 2.45) is 21.0 Å². The Bertz CT molecular complexity index is 1050. The monoisotopic (exact) mass is 399 g/mol. The lowest BCUT2D eigenvalue weighted by Crippen LogP contribution is -2.35. The van der Waals surface area contributed by atoms with E-state index < -0.39 is 5.92 Å². The van der Waals surface area contributed by atoms with Crippen LogP contribution in [0.1, 0.15) is 34.4 Å². The van der Waals surface area contributed by atoms with Crippen LogP contribution in [0.5, 0.6) is 0 Å². The van der Waals surface area contributed by atoms with Crippen molar-refractivity contribution in [2.75, 3.05) is 12.4 Å². The number of aromatic nitrogens is 4. The van der Waals surface area contributed by atoms with Crippen molar-refractivity contribution in [1.29, 1.82) is 0 Å². The lowest BCUT2D eigenvalue weighted by molar-refractivity contribution is -0.118. The molecule has 2 amide bonds. The van der Waals surface area contributed by atoms with Crippen molar-refractivity contribution in [2.45, 2.75) is 26.7 Å². The summed E-state index contributed by atoms with van der Waals surface area (Å²) in [7, 11) is 1.70. The molecule has 1 unspecified atom stereocenters. The molecule has 2 aliphatic rings. The minimum Gasteiger partial charge on any atom is -0.306 e. The van der Waals surface area contributed by atoms with E-state index in [1.807, 2.05) is 6.92 Å². The van der Waals surface area contributed by atoms with Crippen molar-refractivity contribution in [3.8, 4) is 0 Å². The van der Waals surface area contributed by atoms with E-state index in [-0.39, 0.29) is 17.8 Å². The summed E-state index contributed by atoms with van der Waals surface area (Å²) in [4.78, 5) is 33.9. The maximum absolute atomic E-state index is 12.7. The maximum Gasteiger partial charge on any atom is 0.270 e. The molecule has 1 atom stereocenters. The molecule has 0 saturated carbocycles. The number of nitrogens with zero attached hydrogens (tertiary/aromatic N) is 8. The third-order valence-corrected chi connectivity index (χ3v) is 4.97. The number of hydrogen-bond donors (Lipinski definition) is 1. The van der Waals surface area contributed by atoms with Crippen LogP contribution in [0, 0.1) is 12.8 Å². The third-order valence-electron chi connectivity index (χ3n) is 4.20. The smallest absolute Gasteiger partial charge is 0.270 e. The molecule has 0 saturated heterocycles. The molecule has 0 bridgehead atoms. The van der Waals surface area contributed by atoms with Crippen LogP contribution in [-0.4, -0.2) is 61.2 Å². The zero-order chi connectivity index (χ0) is 19.8. The van der Waals surface area contributed by atoms with Crippen LogP contribution in [0.2, 0.25) is 0 Å². The van der Waals surface area contributed by atoms with Gasteiger partial charge in [-0.25, -0.2) is 0 Å². The van der Waals surface area contributed by atoms with Gasteiger partial charge in [-0.3, -0.25) is 14.6 Å². The molecule has 2 aromatic rings. The number of carbonyl (C=O) groups is 2. The number of rotatable bonds is 4. The number of nitrogens with one attached hydrogen (secondary N) is 1. The van der Waals surface area contributed by atoms with Crippen LogP contribution in [0.3, 0.4) is 0 Å². The number of amides is 2. The summed E-state index contributed by atoms with van der Waals surface area (Å²) in [5, 5.41) is 16.7. The van der Waals surface area contributed by atoms with Crippen LogP contribution in [0.15, 0.2) is 21.2 Å². The highest BCUT2D eigenvalue weighted by Crippen LogP contribution is 2.20. The largest absolute Gasteiger partial charge is 0.306 e. The molecular formula is C16H17N9O2S. The summed E-state index contributed by atoms with van der Waals surface area (Å²) in [6.45, 7) is 3.78. The van der Waals surface area contributed by atoms with Crippen LogP contribution in [-0.2, 0) is 11.2 Å². The van der Waals surface area contributed by atoms with Crippen LogP contribution in [0.25, 0.3) is 0 Å². The first-order valence-electron chi connectivity index (χ1n) is 8.66. The molecule has 0 aliphatic carbocycles. The van der Waals surface area contributed by atoms with E-state index in [2.05, 4.69) is 35.1 Å². The van der Waals surface area contributed by atoms with Gasteiger partial charge in [0.15, 0.2) is 0 Å². The van der Waals surface area contributed by atoms with Gasteiger partial charge in [0.2, 0.25) is 0 Å². The number of anilines is 1. The number of hydrogen-bond acceptors (Lipinski definition) is 9. The van der Waals surface area contributed by atoms with E-state index in [0.29, 0.717) is 34.3 Å². The van der Waals surface area contributed by atoms with Gasteiger partial charge >= 0.3 is 0 Å². The maximum atomic E-state index is 12.7. The number of carbonyl (C=O) groups excluding carboxylic acids is 2. The Morgan fingerprint density at radius 2 is 2.18 bits per heavy atom. The van der Waals surface area contributed by atoms with Gasteiger partial charge in [-0.15, -0.1) is 5.10 Å². The number of hydrazone groups is 1. The Hall–Kier alpha value is -3.28. The first kappa shape index (κ1) is 18.1. The van der Waals surface area contributed by atoms with E-state index in [0.717, 1.165) is 18.0 Å². The minimum atomic E-state index is -0.580. The molecule has 2 aromatic heterocycles. The van der Waals surface area contributed by atoms with Crippen molar-refractivity contribution < 1.29 is 9.59 Å². The second-order valence-corrected chi connectivity index (χ2v) is 7.08. The van der Waals surface area contributed by atoms with Crippen LogP contribution in [0.4, 0.5) is 5.82 Å². The van der Waals surface area contributed by atoms with E-state index in [1.54, 1.807) is 20.0 Å². The molecule has 0 aromatic carbocycles. The molecule has 28 heavy (non-hydrogen) atoms. The zero-order valence-electron chi connectivity index (χ0n) is 15.4. The van der Waals surface area contributed by atoms with Gasteiger partial charge in [-0.2, -0.15) is 24.9 Å². The van der Waals surface area contributed by atoms with Crippen molar-refractivity contribution in [3.05, 3.63) is 22.3 Å². The highest BCUT2D eigenvalue weighted by atomic mass is 32.1. The minimum absolute atomic E-state index is 0.0770. The first-order chi connectivity index (χ1) is 13.5. The number of aliphatic imine (C=N–C) groups is 2. The average Bonchev–Trinajstić information content (AvgIpc) is 3.35. The Morgan fingerprint density at radius 3 is 2.96 bits per heavy atom. The fourth-order valence-corrected chi connectivity index (χ4v) is 3.50. The van der Waals surface area contributed by atoms with Gasteiger partial charge in [0.05, 0.1) is 11.4 Å². The Morgan fingerprint density at radius 1 is 1.36 bits per heavy atom. The summed E-state index contributed by atoms with van der Waals surface area (Å²) >= 11 is 1.04. The molecule has 4 heterocycles. The second kappa shape index (κ2) is 7.03. The normalized spacial score (nSPS) is 18.2. The Kier molecular flexibility index (Phi) is 4.55. The predicted molar refractivity (Wildman–Crippen MR) is 104 cm³/mol. The van der Waals surface area contributed by atoms with E-state index >= 15 is 0 Å². The molecule has 4 rings (SSSR count). The highest BCUT2D eigenvalue weighted by molar-refractivity contribution is 7.08. The van der Waals surface area contributed by atoms with Crippen molar-refractivity contribution in [1.82, 2.24) is 24.4 Å². The summed E-state index contributed by atoms with van der Waals surface area (Å²) in [5.74, 6) is -0.396. The number of fused-ring (bicyclic) bond motifs is 1. The predicted octanol–water partition coefficient (Wildman–Crippen LogP) is 0.938. The number of aryl methyl sites for hydroxylation is 2. The molecule has 11 nitrogen and oxygen atoms in total. The van der Waals surface area contributed by atoms with Gasteiger partial charge in [-0.05, 0) is 24.9 Å². The van der Waals surface area contributed by atoms with Crippen molar-refractivity contribution in [3.63, 3.8) is 0 Å². The molecule has 1 N–H and O–H groups in total. The van der Waals surface area contributed by atoms with Gasteiger partial charge in [0.1, 0.15) is 22.4 Å². The lowest BCUT2D eigenvalue weighted by Gasteiger charge is -2.17. The van der Waals surface area contributed by atoms with E-state index in [1.165, 1.54) is 15.9 Å². The average molecular weight is 399 g/mol. The van der Waals surface area contributed by atoms with E-state index in [9.17, 15) is 9.59 Å². The molecule has 144 valence electrons. The molecule has 0 radical (unpaired) electrons. The molecule has 0 spiro atoms. The Balaban J connectivity index is 1.65. The summed E-state index contributed by atoms with van der Waals surface area (Å²) in [5.41, 5.74) is 1.30.